The molecule has 1 aliphatic rings. The van der Waals surface area contributed by atoms with E-state index in [-0.39, 0.29) is 9.79 Å². The van der Waals surface area contributed by atoms with Crippen LogP contribution in [0.4, 0.5) is 0 Å². The molecule has 1 N–H and O–H groups in total. The average molecular weight is 393 g/mol. The molecule has 2 heterocycles. The second-order valence-electron chi connectivity index (χ2n) is 6.76. The van der Waals surface area contributed by atoms with E-state index in [4.69, 9.17) is 11.6 Å². The molecular weight excluding hydrogens is 371 g/mol. The Hall–Kier alpha value is -1.41. The number of rotatable bonds is 5. The van der Waals surface area contributed by atoms with Crippen LogP contribution in [0.1, 0.15) is 18.5 Å². The van der Waals surface area contributed by atoms with Gasteiger partial charge >= 0.3 is 7.05 Å². The lowest BCUT2D eigenvalue weighted by Gasteiger charge is -2.32. The molecule has 0 spiro atoms. The van der Waals surface area contributed by atoms with Gasteiger partial charge in [-0.15, -0.1) is 0 Å². The Morgan fingerprint density at radius 2 is 1.96 bits per heavy atom. The maximum atomic E-state index is 12.7. The molecule has 0 saturated carbocycles. The number of piperidine rings is 1. The minimum absolute atomic E-state index is 0.171. The van der Waals surface area contributed by atoms with Crippen LogP contribution in [-0.4, -0.2) is 43.4 Å². The van der Waals surface area contributed by atoms with Crippen molar-refractivity contribution in [1.82, 2.24) is 9.79 Å². The average Bonchev–Trinajstić information content (AvgIpc) is 2.62. The standard InChI is InChI=1S/C18H22BClN2O3S/c1-19(23)22-9-7-14(8-10-22)11-16-5-6-18(13-21-16)26(24,25)17-4-2-3-15(20)12-17/h2-6,12-14,23H,7-11H2,1H3. The van der Waals surface area contributed by atoms with Gasteiger partial charge in [0.1, 0.15) is 0 Å². The Balaban J connectivity index is 1.67. The van der Waals surface area contributed by atoms with Gasteiger partial charge in [0.05, 0.1) is 9.79 Å². The zero-order valence-corrected chi connectivity index (χ0v) is 16.2. The molecule has 1 aromatic heterocycles. The molecule has 3 rings (SSSR count). The minimum Gasteiger partial charge on any atom is -0.437 e. The van der Waals surface area contributed by atoms with Gasteiger partial charge in [0.2, 0.25) is 9.84 Å². The summed E-state index contributed by atoms with van der Waals surface area (Å²) in [4.78, 5) is 6.77. The molecule has 0 aliphatic carbocycles. The Labute approximate surface area is 160 Å². The summed E-state index contributed by atoms with van der Waals surface area (Å²) in [6, 6.07) is 9.65. The van der Waals surface area contributed by atoms with Crippen molar-refractivity contribution in [3.05, 3.63) is 53.3 Å². The molecule has 1 fully saturated rings. The van der Waals surface area contributed by atoms with E-state index < -0.39 is 16.9 Å². The Morgan fingerprint density at radius 1 is 1.23 bits per heavy atom. The van der Waals surface area contributed by atoms with E-state index >= 15 is 0 Å². The summed E-state index contributed by atoms with van der Waals surface area (Å²) in [6.07, 6.45) is 4.27. The molecule has 8 heteroatoms. The summed E-state index contributed by atoms with van der Waals surface area (Å²) in [7, 11) is -4.01. The fourth-order valence-corrected chi connectivity index (χ4v) is 4.79. The number of pyridine rings is 1. The fourth-order valence-electron chi connectivity index (χ4n) is 3.29. The highest BCUT2D eigenvalue weighted by atomic mass is 35.5. The van der Waals surface area contributed by atoms with Gasteiger partial charge < -0.3 is 9.83 Å². The SMILES string of the molecule is CB(O)N1CCC(Cc2ccc(S(=O)(=O)c3cccc(Cl)c3)cn2)CC1. The number of aromatic nitrogens is 1. The number of benzene rings is 1. The van der Waals surface area contributed by atoms with Gasteiger partial charge in [0.25, 0.3) is 0 Å². The van der Waals surface area contributed by atoms with Crippen LogP contribution in [0.2, 0.25) is 11.8 Å². The van der Waals surface area contributed by atoms with E-state index in [1.54, 1.807) is 31.1 Å². The summed E-state index contributed by atoms with van der Waals surface area (Å²) < 4.78 is 25.3. The summed E-state index contributed by atoms with van der Waals surface area (Å²) in [5.41, 5.74) is 0.894. The lowest BCUT2D eigenvalue weighted by Crippen LogP contribution is -2.43. The van der Waals surface area contributed by atoms with E-state index in [1.807, 2.05) is 0 Å². The van der Waals surface area contributed by atoms with Crippen LogP contribution in [0.3, 0.4) is 0 Å². The van der Waals surface area contributed by atoms with Crippen LogP contribution in [0, 0.1) is 5.92 Å². The van der Waals surface area contributed by atoms with E-state index in [0.29, 0.717) is 10.9 Å². The molecule has 0 radical (unpaired) electrons. The third kappa shape index (κ3) is 4.46. The van der Waals surface area contributed by atoms with Crippen molar-refractivity contribution in [3.8, 4) is 0 Å². The van der Waals surface area contributed by atoms with Gasteiger partial charge in [-0.1, -0.05) is 17.7 Å². The van der Waals surface area contributed by atoms with Crippen molar-refractivity contribution in [3.63, 3.8) is 0 Å². The lowest BCUT2D eigenvalue weighted by molar-refractivity contribution is 0.249. The van der Waals surface area contributed by atoms with Crippen LogP contribution >= 0.6 is 11.6 Å². The number of sulfone groups is 1. The zero-order valence-electron chi connectivity index (χ0n) is 14.7. The van der Waals surface area contributed by atoms with Crippen molar-refractivity contribution in [1.29, 1.82) is 0 Å². The van der Waals surface area contributed by atoms with Crippen molar-refractivity contribution in [2.75, 3.05) is 13.1 Å². The van der Waals surface area contributed by atoms with Crippen molar-refractivity contribution in [2.24, 2.45) is 5.92 Å². The van der Waals surface area contributed by atoms with Crippen LogP contribution < -0.4 is 0 Å². The maximum absolute atomic E-state index is 12.7. The van der Waals surface area contributed by atoms with Crippen molar-refractivity contribution >= 4 is 28.5 Å². The highest BCUT2D eigenvalue weighted by molar-refractivity contribution is 7.91. The van der Waals surface area contributed by atoms with Gasteiger partial charge in [0, 0.05) is 16.9 Å². The van der Waals surface area contributed by atoms with Gasteiger partial charge in [-0.05, 0) is 75.4 Å². The second kappa shape index (κ2) is 8.09. The van der Waals surface area contributed by atoms with Gasteiger partial charge in [-0.25, -0.2) is 8.42 Å². The first-order valence-corrected chi connectivity index (χ1v) is 10.6. The first kappa shape index (κ1) is 19.4. The Bertz CT molecular complexity index is 851. The number of nitrogens with zero attached hydrogens (tertiary/aromatic N) is 2. The molecule has 2 aromatic rings. The normalized spacial score (nSPS) is 16.6. The van der Waals surface area contributed by atoms with E-state index in [1.165, 1.54) is 18.3 Å². The Kier molecular flexibility index (Phi) is 6.02. The van der Waals surface area contributed by atoms with E-state index in [9.17, 15) is 13.4 Å². The van der Waals surface area contributed by atoms with Gasteiger partial charge in [-0.2, -0.15) is 0 Å². The monoisotopic (exact) mass is 392 g/mol. The fraction of sp³-hybridized carbons (Fsp3) is 0.389. The summed E-state index contributed by atoms with van der Waals surface area (Å²) in [5, 5.41) is 10.0. The zero-order chi connectivity index (χ0) is 18.7. The van der Waals surface area contributed by atoms with E-state index in [2.05, 4.69) is 9.79 Å². The highest BCUT2D eigenvalue weighted by Gasteiger charge is 2.24. The minimum atomic E-state index is -3.61. The van der Waals surface area contributed by atoms with Crippen LogP contribution in [0.25, 0.3) is 0 Å². The van der Waals surface area contributed by atoms with E-state index in [0.717, 1.165) is 38.0 Å². The molecule has 26 heavy (non-hydrogen) atoms. The summed E-state index contributed by atoms with van der Waals surface area (Å²) in [6.45, 7) is 3.55. The third-order valence-corrected chi connectivity index (χ3v) is 6.86. The summed E-state index contributed by atoms with van der Waals surface area (Å²) >= 11 is 5.90. The highest BCUT2D eigenvalue weighted by Crippen LogP contribution is 2.25. The molecule has 1 saturated heterocycles. The van der Waals surface area contributed by atoms with Crippen LogP contribution in [0.5, 0.6) is 0 Å². The topological polar surface area (TPSA) is 70.5 Å². The quantitative estimate of drug-likeness (QED) is 0.792. The predicted molar refractivity (Wildman–Crippen MR) is 103 cm³/mol. The third-order valence-electron chi connectivity index (χ3n) is 4.89. The largest absolute Gasteiger partial charge is 0.437 e. The molecule has 5 nitrogen and oxygen atoms in total. The smallest absolute Gasteiger partial charge is 0.376 e. The molecule has 1 aliphatic heterocycles. The molecule has 0 bridgehead atoms. The number of hydrogen-bond acceptors (Lipinski definition) is 5. The second-order valence-corrected chi connectivity index (χ2v) is 9.15. The molecule has 138 valence electrons. The molecule has 0 atom stereocenters. The lowest BCUT2D eigenvalue weighted by atomic mass is 9.80. The predicted octanol–water partition coefficient (Wildman–Crippen LogP) is 2.93. The van der Waals surface area contributed by atoms with Gasteiger partial charge in [0.15, 0.2) is 0 Å². The number of halogens is 1. The first-order chi connectivity index (χ1) is 12.4. The van der Waals surface area contributed by atoms with Crippen molar-refractivity contribution in [2.45, 2.75) is 35.9 Å². The van der Waals surface area contributed by atoms with Crippen molar-refractivity contribution < 1.29 is 13.4 Å². The molecular formula is C18H22BClN2O3S. The van der Waals surface area contributed by atoms with Gasteiger partial charge in [-0.3, -0.25) is 4.98 Å². The summed E-state index contributed by atoms with van der Waals surface area (Å²) in [5.74, 6) is 0.507. The molecule has 1 aromatic carbocycles. The maximum Gasteiger partial charge on any atom is 0.376 e. The van der Waals surface area contributed by atoms with Crippen LogP contribution in [-0.2, 0) is 16.3 Å². The van der Waals surface area contributed by atoms with Crippen LogP contribution in [0.15, 0.2) is 52.4 Å². The Morgan fingerprint density at radius 3 is 2.54 bits per heavy atom. The molecule has 0 amide bonds. The first-order valence-electron chi connectivity index (χ1n) is 8.74. The number of hydrogen-bond donors (Lipinski definition) is 1. The molecule has 0 unspecified atom stereocenters.